The number of ether oxygens (including phenoxy) is 1. The molecule has 1 aromatic carbocycles. The summed E-state index contributed by atoms with van der Waals surface area (Å²) >= 11 is 0. The molecule has 2 heteroatoms. The normalized spacial score (nSPS) is 32.1. The van der Waals surface area contributed by atoms with Crippen molar-refractivity contribution in [2.75, 3.05) is 6.54 Å². The van der Waals surface area contributed by atoms with Gasteiger partial charge in [-0.1, -0.05) is 39.0 Å². The van der Waals surface area contributed by atoms with Crippen LogP contribution in [0.4, 0.5) is 0 Å². The first-order chi connectivity index (χ1) is 9.03. The Labute approximate surface area is 116 Å². The van der Waals surface area contributed by atoms with Crippen LogP contribution in [0.3, 0.4) is 0 Å². The zero-order chi connectivity index (χ0) is 13.5. The lowest BCUT2D eigenvalue weighted by atomic mass is 9.91. The van der Waals surface area contributed by atoms with Crippen LogP contribution in [-0.2, 0) is 6.42 Å². The molecule has 0 amide bonds. The summed E-state index contributed by atoms with van der Waals surface area (Å²) in [6, 6.07) is 9.06. The number of para-hydroxylation sites is 1. The summed E-state index contributed by atoms with van der Waals surface area (Å²) in [6.45, 7) is 8.11. The summed E-state index contributed by atoms with van der Waals surface area (Å²) < 4.78 is 5.99. The van der Waals surface area contributed by atoms with E-state index >= 15 is 0 Å². The molecule has 104 valence electrons. The molecule has 19 heavy (non-hydrogen) atoms. The molecule has 2 nitrogen and oxygen atoms in total. The fraction of sp³-hybridized carbons (Fsp3) is 0.647. The Kier molecular flexibility index (Phi) is 3.30. The zero-order valence-corrected chi connectivity index (χ0v) is 12.3. The third-order valence-electron chi connectivity index (χ3n) is 4.66. The summed E-state index contributed by atoms with van der Waals surface area (Å²) in [4.78, 5) is 0. The van der Waals surface area contributed by atoms with Gasteiger partial charge in [0.05, 0.1) is 0 Å². The number of hydrogen-bond acceptors (Lipinski definition) is 2. The van der Waals surface area contributed by atoms with E-state index in [4.69, 9.17) is 4.74 Å². The molecule has 3 atom stereocenters. The van der Waals surface area contributed by atoms with E-state index in [2.05, 4.69) is 50.4 Å². The van der Waals surface area contributed by atoms with Gasteiger partial charge >= 0.3 is 0 Å². The molecule has 3 rings (SSSR count). The summed E-state index contributed by atoms with van der Waals surface area (Å²) in [5, 5.41) is 3.74. The van der Waals surface area contributed by atoms with Gasteiger partial charge in [0.1, 0.15) is 11.9 Å². The molecule has 3 unspecified atom stereocenters. The van der Waals surface area contributed by atoms with Crippen molar-refractivity contribution in [2.24, 2.45) is 11.3 Å². The average molecular weight is 259 g/mol. The minimum Gasteiger partial charge on any atom is -0.488 e. The van der Waals surface area contributed by atoms with Crippen LogP contribution < -0.4 is 10.1 Å². The van der Waals surface area contributed by atoms with E-state index in [0.717, 1.165) is 24.6 Å². The second-order valence-corrected chi connectivity index (χ2v) is 7.12. The first-order valence-electron chi connectivity index (χ1n) is 7.51. The highest BCUT2D eigenvalue weighted by molar-refractivity contribution is 5.37. The molecule has 0 bridgehead atoms. The molecule has 1 aliphatic carbocycles. The van der Waals surface area contributed by atoms with E-state index in [0.29, 0.717) is 17.6 Å². The molecule has 0 aromatic heterocycles. The van der Waals surface area contributed by atoms with Crippen LogP contribution in [0.2, 0.25) is 0 Å². The van der Waals surface area contributed by atoms with E-state index < -0.39 is 0 Å². The minimum absolute atomic E-state index is 0.313. The largest absolute Gasteiger partial charge is 0.488 e. The Morgan fingerprint density at radius 2 is 2.05 bits per heavy atom. The number of hydrogen-bond donors (Lipinski definition) is 1. The summed E-state index contributed by atoms with van der Waals surface area (Å²) in [6.07, 6.45) is 3.98. The smallest absolute Gasteiger partial charge is 0.123 e. The molecule has 0 radical (unpaired) electrons. The van der Waals surface area contributed by atoms with Crippen molar-refractivity contribution >= 4 is 0 Å². The summed E-state index contributed by atoms with van der Waals surface area (Å²) in [5.41, 5.74) is 1.85. The van der Waals surface area contributed by atoms with Crippen LogP contribution in [0.15, 0.2) is 24.3 Å². The van der Waals surface area contributed by atoms with Crippen LogP contribution in [0.1, 0.15) is 39.2 Å². The number of fused-ring (bicyclic) bond motifs is 1. The third kappa shape index (κ3) is 2.79. The Morgan fingerprint density at radius 3 is 2.74 bits per heavy atom. The minimum atomic E-state index is 0.313. The first kappa shape index (κ1) is 13.0. The molecule has 1 heterocycles. The molecule has 1 N–H and O–H groups in total. The molecule has 0 spiro atoms. The topological polar surface area (TPSA) is 21.3 Å². The van der Waals surface area contributed by atoms with E-state index in [1.54, 1.807) is 0 Å². The maximum absolute atomic E-state index is 5.99. The van der Waals surface area contributed by atoms with E-state index in [1.807, 2.05) is 0 Å². The molecular weight excluding hydrogens is 234 g/mol. The van der Waals surface area contributed by atoms with E-state index in [-0.39, 0.29) is 0 Å². The molecule has 1 aromatic rings. The quantitative estimate of drug-likeness (QED) is 0.898. The lowest BCUT2D eigenvalue weighted by Crippen LogP contribution is -2.39. The van der Waals surface area contributed by atoms with Crippen molar-refractivity contribution < 1.29 is 4.74 Å². The van der Waals surface area contributed by atoms with Crippen molar-refractivity contribution in [3.8, 4) is 5.75 Å². The average Bonchev–Trinajstić information content (AvgIpc) is 2.86. The van der Waals surface area contributed by atoms with Gasteiger partial charge in [-0.25, -0.2) is 0 Å². The monoisotopic (exact) mass is 259 g/mol. The van der Waals surface area contributed by atoms with Crippen molar-refractivity contribution in [1.82, 2.24) is 5.32 Å². The maximum Gasteiger partial charge on any atom is 0.123 e. The van der Waals surface area contributed by atoms with Crippen molar-refractivity contribution in [3.05, 3.63) is 29.8 Å². The third-order valence-corrected chi connectivity index (χ3v) is 4.66. The fourth-order valence-corrected chi connectivity index (χ4v) is 3.82. The molecule has 0 saturated heterocycles. The van der Waals surface area contributed by atoms with Crippen LogP contribution in [0, 0.1) is 11.3 Å². The number of nitrogens with one attached hydrogen (secondary N) is 1. The van der Waals surface area contributed by atoms with Gasteiger partial charge in [0.25, 0.3) is 0 Å². The predicted molar refractivity (Wildman–Crippen MR) is 78.5 cm³/mol. The van der Waals surface area contributed by atoms with Gasteiger partial charge < -0.3 is 10.1 Å². The van der Waals surface area contributed by atoms with E-state index in [9.17, 15) is 0 Å². The predicted octanol–water partition coefficient (Wildman–Crippen LogP) is 3.40. The van der Waals surface area contributed by atoms with Gasteiger partial charge in [0, 0.05) is 19.0 Å². The summed E-state index contributed by atoms with van der Waals surface area (Å²) in [5.74, 6) is 1.85. The van der Waals surface area contributed by atoms with Crippen LogP contribution in [0.25, 0.3) is 0 Å². The lowest BCUT2D eigenvalue weighted by Gasteiger charge is -2.21. The molecule has 1 aliphatic heterocycles. The van der Waals surface area contributed by atoms with E-state index in [1.165, 1.54) is 18.4 Å². The van der Waals surface area contributed by atoms with Gasteiger partial charge in [0.15, 0.2) is 0 Å². The van der Waals surface area contributed by atoms with Gasteiger partial charge in [-0.2, -0.15) is 0 Å². The molecule has 1 saturated carbocycles. The highest BCUT2D eigenvalue weighted by Gasteiger charge is 2.36. The highest BCUT2D eigenvalue weighted by atomic mass is 16.5. The maximum atomic E-state index is 5.99. The highest BCUT2D eigenvalue weighted by Crippen LogP contribution is 2.40. The Bertz CT molecular complexity index is 429. The molecule has 2 aliphatic rings. The van der Waals surface area contributed by atoms with Gasteiger partial charge in [0.2, 0.25) is 0 Å². The van der Waals surface area contributed by atoms with Crippen LogP contribution in [-0.4, -0.2) is 18.7 Å². The Hall–Kier alpha value is -1.02. The van der Waals surface area contributed by atoms with Crippen molar-refractivity contribution in [3.63, 3.8) is 0 Å². The van der Waals surface area contributed by atoms with Crippen molar-refractivity contribution in [2.45, 2.75) is 52.2 Å². The molecular formula is C17H25NO. The van der Waals surface area contributed by atoms with Gasteiger partial charge in [-0.05, 0) is 35.8 Å². The first-order valence-corrected chi connectivity index (χ1v) is 7.51. The SMILES string of the molecule is CC1CC(C)(C)CC1NCC1Cc2ccccc2O1. The van der Waals surface area contributed by atoms with Gasteiger partial charge in [-0.15, -0.1) is 0 Å². The second-order valence-electron chi connectivity index (χ2n) is 7.12. The summed E-state index contributed by atoms with van der Waals surface area (Å²) in [7, 11) is 0. The van der Waals surface area contributed by atoms with Gasteiger partial charge in [-0.3, -0.25) is 0 Å². The Morgan fingerprint density at radius 1 is 1.26 bits per heavy atom. The fourth-order valence-electron chi connectivity index (χ4n) is 3.82. The second kappa shape index (κ2) is 4.82. The van der Waals surface area contributed by atoms with Crippen LogP contribution >= 0.6 is 0 Å². The molecule has 1 fully saturated rings. The standard InChI is InChI=1S/C17H25NO/c1-12-9-17(2,3)10-15(12)18-11-14-8-13-6-4-5-7-16(13)19-14/h4-7,12,14-15,18H,8-11H2,1-3H3. The lowest BCUT2D eigenvalue weighted by molar-refractivity contribution is 0.216. The number of benzene rings is 1. The van der Waals surface area contributed by atoms with Crippen molar-refractivity contribution in [1.29, 1.82) is 0 Å². The zero-order valence-electron chi connectivity index (χ0n) is 12.3. The number of rotatable bonds is 3. The van der Waals surface area contributed by atoms with Crippen LogP contribution in [0.5, 0.6) is 5.75 Å². The Balaban J connectivity index is 1.52.